The molecule has 0 spiro atoms. The van der Waals surface area contributed by atoms with Gasteiger partial charge in [0, 0.05) is 5.04 Å². The van der Waals surface area contributed by atoms with E-state index in [1.807, 2.05) is 0 Å². The van der Waals surface area contributed by atoms with Crippen molar-refractivity contribution in [1.82, 2.24) is 0 Å². The quantitative estimate of drug-likeness (QED) is 0.488. The van der Waals surface area contributed by atoms with Gasteiger partial charge < -0.3 is 0 Å². The first-order valence-electron chi connectivity index (χ1n) is 2.52. The molecule has 0 saturated heterocycles. The van der Waals surface area contributed by atoms with Crippen molar-refractivity contribution < 1.29 is 0 Å². The molecule has 1 heterocycles. The zero-order valence-corrected chi connectivity index (χ0v) is 6.84. The second kappa shape index (κ2) is 2.21. The van der Waals surface area contributed by atoms with Gasteiger partial charge in [0.15, 0.2) is 0 Å². The first-order valence-corrected chi connectivity index (χ1v) is 4.83. The number of hydrogen-bond acceptors (Lipinski definition) is 0. The molecule has 0 aliphatic heterocycles. The molecule has 0 nitrogen and oxygen atoms in total. The van der Waals surface area contributed by atoms with E-state index in [0.717, 1.165) is 0 Å². The van der Waals surface area contributed by atoms with Crippen molar-refractivity contribution in [3.8, 4) is 0 Å². The molecule has 0 aliphatic rings. The van der Waals surface area contributed by atoms with E-state index in [2.05, 4.69) is 34.7 Å². The van der Waals surface area contributed by atoms with E-state index in [4.69, 9.17) is 0 Å². The van der Waals surface area contributed by atoms with Crippen molar-refractivity contribution in [3.05, 3.63) is 17.4 Å². The molecule has 0 aromatic carbocycles. The number of aryl methyl sites for hydroxylation is 2. The van der Waals surface area contributed by atoms with E-state index < -0.39 is 0 Å². The van der Waals surface area contributed by atoms with Crippen LogP contribution in [0, 0.1) is 6.92 Å². The van der Waals surface area contributed by atoms with E-state index in [1.54, 1.807) is 0 Å². The monoisotopic (exact) mass is 142 g/mol. The van der Waals surface area contributed by atoms with Gasteiger partial charge in [0.05, 0.1) is 0 Å². The summed E-state index contributed by atoms with van der Waals surface area (Å²) in [4.78, 5) is 0. The van der Waals surface area contributed by atoms with Gasteiger partial charge in [0.1, 0.15) is 0 Å². The summed E-state index contributed by atoms with van der Waals surface area (Å²) < 4.78 is 0. The Labute approximate surface area is 53.6 Å². The molecule has 1 unspecified atom stereocenters. The Kier molecular flexibility index (Phi) is 1.75. The SMILES string of the molecule is Cc1ccp(C)c1[P]. The molecule has 8 heavy (non-hydrogen) atoms. The minimum atomic E-state index is -0.00231. The molecule has 2 radical (unpaired) electrons. The molecule has 1 rings (SSSR count). The summed E-state index contributed by atoms with van der Waals surface area (Å²) in [7, 11) is 4.33. The first kappa shape index (κ1) is 6.33. The Bertz CT molecular complexity index is 169. The zero-order valence-electron chi connectivity index (χ0n) is 5.05. The minimum absolute atomic E-state index is 0.00231. The Morgan fingerprint density at radius 1 is 1.62 bits per heavy atom. The van der Waals surface area contributed by atoms with Crippen molar-refractivity contribution in [1.29, 1.82) is 0 Å². The van der Waals surface area contributed by atoms with Crippen LogP contribution in [0.25, 0.3) is 0 Å². The van der Waals surface area contributed by atoms with Crippen molar-refractivity contribution in [2.24, 2.45) is 6.66 Å². The molecule has 0 bridgehead atoms. The average Bonchev–Trinajstić information content (AvgIpc) is 1.98. The normalized spacial score (nSPS) is 12.1. The van der Waals surface area contributed by atoms with Crippen LogP contribution < -0.4 is 5.04 Å². The average molecular weight is 142 g/mol. The highest BCUT2D eigenvalue weighted by Gasteiger charge is 1.94. The van der Waals surface area contributed by atoms with E-state index in [-0.39, 0.29) is 7.53 Å². The molecule has 0 amide bonds. The van der Waals surface area contributed by atoms with Gasteiger partial charge in [-0.2, -0.15) is 0 Å². The molecule has 1 atom stereocenters. The third-order valence-corrected chi connectivity index (χ3v) is 4.15. The van der Waals surface area contributed by atoms with E-state index in [1.165, 1.54) is 10.6 Å². The maximum absolute atomic E-state index is 4.33. The van der Waals surface area contributed by atoms with E-state index in [9.17, 15) is 0 Å². The lowest BCUT2D eigenvalue weighted by molar-refractivity contribution is 1.59. The Morgan fingerprint density at radius 2 is 2.25 bits per heavy atom. The summed E-state index contributed by atoms with van der Waals surface area (Å²) in [5.41, 5.74) is 1.34. The molecule has 42 valence electrons. The van der Waals surface area contributed by atoms with Crippen LogP contribution >= 0.6 is 16.8 Å². The molecule has 0 aliphatic carbocycles. The summed E-state index contributed by atoms with van der Waals surface area (Å²) in [6.45, 7) is 4.31. The van der Waals surface area contributed by atoms with Gasteiger partial charge in [-0.15, -0.1) is 7.53 Å². The summed E-state index contributed by atoms with van der Waals surface area (Å²) in [6.07, 6.45) is 0. The molecular weight excluding hydrogens is 134 g/mol. The van der Waals surface area contributed by atoms with Gasteiger partial charge in [-0.25, -0.2) is 0 Å². The Hall–Kier alpha value is 0.210. The largest absolute Gasteiger partial charge is 0.119 e. The molecule has 2 heteroatoms. The van der Waals surface area contributed by atoms with Crippen LogP contribution in [0.15, 0.2) is 11.9 Å². The summed E-state index contributed by atoms with van der Waals surface area (Å²) in [6, 6.07) is 2.15. The molecule has 1 aromatic rings. The van der Waals surface area contributed by atoms with Gasteiger partial charge >= 0.3 is 0 Å². The zero-order chi connectivity index (χ0) is 6.15. The lowest BCUT2D eigenvalue weighted by Gasteiger charge is -1.87. The molecule has 0 saturated carbocycles. The van der Waals surface area contributed by atoms with Crippen molar-refractivity contribution in [2.75, 3.05) is 0 Å². The first-order chi connectivity index (χ1) is 3.72. The standard InChI is InChI=1S/C6H8P2/c1-5-3-4-8(2)6(5)7/h3-4H,1-2H3. The smallest absolute Gasteiger partial charge is 0.00791 e. The maximum Gasteiger partial charge on any atom is 0.00791 e. The minimum Gasteiger partial charge on any atom is -0.119 e. The van der Waals surface area contributed by atoms with Crippen LogP contribution in [-0.4, -0.2) is 0 Å². The second-order valence-electron chi connectivity index (χ2n) is 1.93. The molecule has 0 N–H and O–H groups in total. The number of hydrogen-bond donors (Lipinski definition) is 0. The van der Waals surface area contributed by atoms with Crippen LogP contribution in [0.2, 0.25) is 0 Å². The lowest BCUT2D eigenvalue weighted by Crippen LogP contribution is -1.83. The fourth-order valence-corrected chi connectivity index (χ4v) is 2.14. The van der Waals surface area contributed by atoms with Crippen LogP contribution in [0.4, 0.5) is 0 Å². The third kappa shape index (κ3) is 0.966. The summed E-state index contributed by atoms with van der Waals surface area (Å²) in [5.74, 6) is 2.23. The summed E-state index contributed by atoms with van der Waals surface area (Å²) in [5, 5.41) is 1.28. The van der Waals surface area contributed by atoms with Gasteiger partial charge in [-0.1, -0.05) is 6.07 Å². The third-order valence-electron chi connectivity index (χ3n) is 1.23. The highest BCUT2D eigenvalue weighted by atomic mass is 31.1. The van der Waals surface area contributed by atoms with Crippen LogP contribution in [0.5, 0.6) is 0 Å². The highest BCUT2D eigenvalue weighted by molar-refractivity contribution is 7.62. The maximum atomic E-state index is 4.33. The van der Waals surface area contributed by atoms with Crippen molar-refractivity contribution in [3.63, 3.8) is 0 Å². The van der Waals surface area contributed by atoms with Gasteiger partial charge in [0.2, 0.25) is 0 Å². The summed E-state index contributed by atoms with van der Waals surface area (Å²) >= 11 is 0. The van der Waals surface area contributed by atoms with Crippen LogP contribution in [0.3, 0.4) is 0 Å². The van der Waals surface area contributed by atoms with Crippen molar-refractivity contribution in [2.45, 2.75) is 6.92 Å². The molecular formula is C6H8P2. The van der Waals surface area contributed by atoms with E-state index in [0.29, 0.717) is 0 Å². The predicted molar refractivity (Wildman–Crippen MR) is 41.4 cm³/mol. The van der Waals surface area contributed by atoms with Gasteiger partial charge in [-0.05, 0) is 34.2 Å². The topological polar surface area (TPSA) is 0 Å². The Balaban J connectivity index is 3.19. The Morgan fingerprint density at radius 3 is 2.38 bits per heavy atom. The van der Waals surface area contributed by atoms with E-state index >= 15 is 0 Å². The molecule has 0 fully saturated rings. The van der Waals surface area contributed by atoms with Gasteiger partial charge in [-0.3, -0.25) is 0 Å². The number of rotatable bonds is 0. The fraction of sp³-hybridized carbons (Fsp3) is 0.333. The second-order valence-corrected chi connectivity index (χ2v) is 4.70. The predicted octanol–water partition coefficient (Wildman–Crippen LogP) is 2.55. The van der Waals surface area contributed by atoms with Crippen LogP contribution in [0.1, 0.15) is 5.56 Å². The van der Waals surface area contributed by atoms with Gasteiger partial charge in [0.25, 0.3) is 0 Å². The highest BCUT2D eigenvalue weighted by Crippen LogP contribution is 2.24. The fourth-order valence-electron chi connectivity index (χ4n) is 0.647. The van der Waals surface area contributed by atoms with Crippen molar-refractivity contribution >= 4 is 21.8 Å². The van der Waals surface area contributed by atoms with Crippen LogP contribution in [-0.2, 0) is 6.66 Å². The lowest BCUT2D eigenvalue weighted by atomic mass is 10.4. The molecule has 1 aromatic heterocycles.